The zero-order valence-electron chi connectivity index (χ0n) is 8.09. The lowest BCUT2D eigenvalue weighted by molar-refractivity contribution is -0.136. The lowest BCUT2D eigenvalue weighted by atomic mass is 10.1. The fraction of sp³-hybridized carbons (Fsp3) is 0.300. The summed E-state index contributed by atoms with van der Waals surface area (Å²) in [6, 6.07) is 2.27. The minimum atomic E-state index is -1.06. The third-order valence-corrected chi connectivity index (χ3v) is 1.90. The fourth-order valence-electron chi connectivity index (χ4n) is 1.16. The first-order chi connectivity index (χ1) is 7.04. The van der Waals surface area contributed by atoms with E-state index in [0.29, 0.717) is 5.56 Å². The van der Waals surface area contributed by atoms with Crippen molar-refractivity contribution in [2.24, 2.45) is 0 Å². The van der Waals surface area contributed by atoms with Crippen molar-refractivity contribution in [1.29, 1.82) is 0 Å². The topological polar surface area (TPSA) is 46.5 Å². The molecular weight excluding hydrogens is 206 g/mol. The molecule has 0 aliphatic heterocycles. The zero-order chi connectivity index (χ0) is 11.4. The minimum absolute atomic E-state index is 0.131. The molecule has 1 rings (SSSR count). The largest absolute Gasteiger partial charge is 0.494 e. The Hall–Kier alpha value is -1.65. The molecule has 0 aliphatic rings. The van der Waals surface area contributed by atoms with Gasteiger partial charge in [-0.25, -0.2) is 4.39 Å². The van der Waals surface area contributed by atoms with Gasteiger partial charge >= 0.3 is 5.97 Å². The number of rotatable bonds is 4. The molecule has 0 bridgehead atoms. The second-order valence-corrected chi connectivity index (χ2v) is 2.99. The summed E-state index contributed by atoms with van der Waals surface area (Å²) in [5, 5.41) is 8.43. The summed E-state index contributed by atoms with van der Waals surface area (Å²) in [4.78, 5) is 10.3. The van der Waals surface area contributed by atoms with Crippen LogP contribution in [0.3, 0.4) is 0 Å². The highest BCUT2D eigenvalue weighted by Gasteiger charge is 2.11. The van der Waals surface area contributed by atoms with Gasteiger partial charge in [0, 0.05) is 6.42 Å². The van der Waals surface area contributed by atoms with E-state index in [4.69, 9.17) is 5.11 Å². The standard InChI is InChI=1S/C10H10F2O3/c1-15-8-5-6(2-3-9(13)14)4-7(11)10(8)12/h4-5H,2-3H2,1H3,(H,13,14). The monoisotopic (exact) mass is 216 g/mol. The number of methoxy groups -OCH3 is 1. The molecule has 15 heavy (non-hydrogen) atoms. The van der Waals surface area contributed by atoms with E-state index >= 15 is 0 Å². The molecule has 0 spiro atoms. The van der Waals surface area contributed by atoms with Gasteiger partial charge in [0.05, 0.1) is 7.11 Å². The summed E-state index contributed by atoms with van der Waals surface area (Å²) in [6.45, 7) is 0. The molecule has 0 aliphatic carbocycles. The van der Waals surface area contributed by atoms with Crippen LogP contribution in [-0.4, -0.2) is 18.2 Å². The van der Waals surface area contributed by atoms with Gasteiger partial charge in [0.1, 0.15) is 0 Å². The number of carbonyl (C=O) groups is 1. The third kappa shape index (κ3) is 2.90. The first kappa shape index (κ1) is 11.4. The van der Waals surface area contributed by atoms with Gasteiger partial charge < -0.3 is 9.84 Å². The first-order valence-corrected chi connectivity index (χ1v) is 4.28. The SMILES string of the molecule is COc1cc(CCC(=O)O)cc(F)c1F. The third-order valence-electron chi connectivity index (χ3n) is 1.90. The van der Waals surface area contributed by atoms with Crippen molar-refractivity contribution in [3.8, 4) is 5.75 Å². The first-order valence-electron chi connectivity index (χ1n) is 4.28. The minimum Gasteiger partial charge on any atom is -0.494 e. The Labute approximate surface area is 85.3 Å². The summed E-state index contributed by atoms with van der Waals surface area (Å²) in [5.41, 5.74) is 0.396. The number of aliphatic carboxylic acids is 1. The number of hydrogen-bond acceptors (Lipinski definition) is 2. The van der Waals surface area contributed by atoms with Crippen molar-refractivity contribution in [3.63, 3.8) is 0 Å². The molecule has 0 heterocycles. The number of aryl methyl sites for hydroxylation is 1. The van der Waals surface area contributed by atoms with Crippen molar-refractivity contribution in [2.75, 3.05) is 7.11 Å². The molecule has 0 saturated carbocycles. The molecule has 0 fully saturated rings. The van der Waals surface area contributed by atoms with Gasteiger partial charge in [-0.05, 0) is 24.1 Å². The van der Waals surface area contributed by atoms with Crippen molar-refractivity contribution < 1.29 is 23.4 Å². The maximum absolute atomic E-state index is 13.0. The predicted molar refractivity (Wildman–Crippen MR) is 48.9 cm³/mol. The Morgan fingerprint density at radius 1 is 1.47 bits per heavy atom. The smallest absolute Gasteiger partial charge is 0.303 e. The molecule has 82 valence electrons. The van der Waals surface area contributed by atoms with Crippen LogP contribution in [0.2, 0.25) is 0 Å². The van der Waals surface area contributed by atoms with Crippen molar-refractivity contribution >= 4 is 5.97 Å². The molecule has 0 unspecified atom stereocenters. The van der Waals surface area contributed by atoms with Crippen LogP contribution in [0.4, 0.5) is 8.78 Å². The molecule has 5 heteroatoms. The molecule has 1 aromatic carbocycles. The molecule has 0 atom stereocenters. The summed E-state index contributed by atoms with van der Waals surface area (Å²) < 4.78 is 30.5. The zero-order valence-corrected chi connectivity index (χ0v) is 8.09. The molecule has 1 N–H and O–H groups in total. The van der Waals surface area contributed by atoms with Gasteiger partial charge in [0.2, 0.25) is 5.82 Å². The quantitative estimate of drug-likeness (QED) is 0.837. The maximum Gasteiger partial charge on any atom is 0.303 e. The number of carboxylic acid groups (broad SMARTS) is 1. The highest BCUT2D eigenvalue weighted by atomic mass is 19.2. The van der Waals surface area contributed by atoms with Crippen LogP contribution < -0.4 is 4.74 Å². The normalized spacial score (nSPS) is 10.1. The summed E-state index contributed by atoms with van der Waals surface area (Å²) in [7, 11) is 1.22. The maximum atomic E-state index is 13.0. The molecule has 0 aromatic heterocycles. The van der Waals surface area contributed by atoms with E-state index in [9.17, 15) is 13.6 Å². The van der Waals surface area contributed by atoms with Gasteiger partial charge in [0.15, 0.2) is 11.6 Å². The second-order valence-electron chi connectivity index (χ2n) is 2.99. The van der Waals surface area contributed by atoms with Gasteiger partial charge in [-0.15, -0.1) is 0 Å². The van der Waals surface area contributed by atoms with Crippen molar-refractivity contribution in [3.05, 3.63) is 29.3 Å². The highest BCUT2D eigenvalue weighted by molar-refractivity contribution is 5.67. The van der Waals surface area contributed by atoms with Gasteiger partial charge in [-0.3, -0.25) is 4.79 Å². The average molecular weight is 216 g/mol. The molecule has 1 aromatic rings. The van der Waals surface area contributed by atoms with Crippen molar-refractivity contribution in [2.45, 2.75) is 12.8 Å². The lowest BCUT2D eigenvalue weighted by Crippen LogP contribution is -2.00. The Bertz CT molecular complexity index is 377. The summed E-state index contributed by atoms with van der Waals surface area (Å²) >= 11 is 0. The fourth-order valence-corrected chi connectivity index (χ4v) is 1.16. The lowest BCUT2D eigenvalue weighted by Gasteiger charge is -2.05. The summed E-state index contributed by atoms with van der Waals surface area (Å²) in [6.07, 6.45) is 0.0110. The van der Waals surface area contributed by atoms with E-state index in [-0.39, 0.29) is 18.6 Å². The Morgan fingerprint density at radius 3 is 2.67 bits per heavy atom. The van der Waals surface area contributed by atoms with E-state index in [2.05, 4.69) is 4.74 Å². The van der Waals surface area contributed by atoms with Crippen LogP contribution >= 0.6 is 0 Å². The predicted octanol–water partition coefficient (Wildman–Crippen LogP) is 1.99. The number of ether oxygens (including phenoxy) is 1. The van der Waals surface area contributed by atoms with E-state index in [1.807, 2.05) is 0 Å². The number of benzene rings is 1. The Morgan fingerprint density at radius 2 is 2.13 bits per heavy atom. The van der Waals surface area contributed by atoms with Crippen LogP contribution in [-0.2, 0) is 11.2 Å². The molecule has 3 nitrogen and oxygen atoms in total. The second kappa shape index (κ2) is 4.72. The van der Waals surface area contributed by atoms with E-state index in [1.165, 1.54) is 13.2 Å². The molecule has 0 saturated heterocycles. The highest BCUT2D eigenvalue weighted by Crippen LogP contribution is 2.22. The number of carboxylic acids is 1. The van der Waals surface area contributed by atoms with E-state index in [1.54, 1.807) is 0 Å². The van der Waals surface area contributed by atoms with Crippen LogP contribution in [0, 0.1) is 11.6 Å². The van der Waals surface area contributed by atoms with Gasteiger partial charge in [-0.2, -0.15) is 4.39 Å². The van der Waals surface area contributed by atoms with Crippen molar-refractivity contribution in [1.82, 2.24) is 0 Å². The van der Waals surface area contributed by atoms with Crippen LogP contribution in [0.25, 0.3) is 0 Å². The number of hydrogen-bond donors (Lipinski definition) is 1. The van der Waals surface area contributed by atoms with Crippen LogP contribution in [0.5, 0.6) is 5.75 Å². The molecule has 0 radical (unpaired) electrons. The Kier molecular flexibility index (Phi) is 3.60. The number of halogens is 2. The summed E-state index contributed by atoms with van der Waals surface area (Å²) in [5.74, 6) is -3.29. The van der Waals surface area contributed by atoms with Gasteiger partial charge in [0.25, 0.3) is 0 Å². The molecule has 0 amide bonds. The van der Waals surface area contributed by atoms with Crippen LogP contribution in [0.1, 0.15) is 12.0 Å². The average Bonchev–Trinajstić information content (AvgIpc) is 2.19. The van der Waals surface area contributed by atoms with Crippen LogP contribution in [0.15, 0.2) is 12.1 Å². The van der Waals surface area contributed by atoms with Gasteiger partial charge in [-0.1, -0.05) is 0 Å². The Balaban J connectivity index is 2.90. The molecular formula is C10H10F2O3. The van der Waals surface area contributed by atoms with E-state index in [0.717, 1.165) is 6.07 Å². The van der Waals surface area contributed by atoms with E-state index < -0.39 is 17.6 Å².